The van der Waals surface area contributed by atoms with Crippen molar-refractivity contribution < 1.29 is 9.84 Å². The Morgan fingerprint density at radius 1 is 1.42 bits per heavy atom. The summed E-state index contributed by atoms with van der Waals surface area (Å²) >= 11 is 1.56. The standard InChI is InChI=1S/C18H31N3O2S/c1-4-19-16(20-13-17(3,22)15-7-6-12-24-15)21-14-18(8-9-18)10-11-23-5-2/h6-7,12,22H,4-5,8-11,13-14H2,1-3H3,(H2,19,20,21). The lowest BCUT2D eigenvalue weighted by Gasteiger charge is -2.22. The van der Waals surface area contributed by atoms with Gasteiger partial charge in [0, 0.05) is 31.2 Å². The fourth-order valence-electron chi connectivity index (χ4n) is 2.63. The Morgan fingerprint density at radius 3 is 2.79 bits per heavy atom. The molecule has 1 aliphatic carbocycles. The monoisotopic (exact) mass is 353 g/mol. The fourth-order valence-corrected chi connectivity index (χ4v) is 3.41. The topological polar surface area (TPSA) is 65.9 Å². The van der Waals surface area contributed by atoms with Crippen molar-refractivity contribution in [2.45, 2.75) is 45.6 Å². The van der Waals surface area contributed by atoms with E-state index < -0.39 is 5.60 Å². The Hall–Kier alpha value is -1.11. The van der Waals surface area contributed by atoms with Crippen LogP contribution >= 0.6 is 11.3 Å². The zero-order valence-corrected chi connectivity index (χ0v) is 15.9. The zero-order chi connectivity index (χ0) is 17.5. The molecule has 1 atom stereocenters. The van der Waals surface area contributed by atoms with Gasteiger partial charge in [-0.25, -0.2) is 4.99 Å². The molecule has 3 N–H and O–H groups in total. The van der Waals surface area contributed by atoms with E-state index in [4.69, 9.17) is 4.74 Å². The molecule has 24 heavy (non-hydrogen) atoms. The third-order valence-corrected chi connectivity index (χ3v) is 5.63. The number of ether oxygens (including phenoxy) is 1. The van der Waals surface area contributed by atoms with Crippen LogP contribution in [0, 0.1) is 5.41 Å². The van der Waals surface area contributed by atoms with Crippen LogP contribution in [0.4, 0.5) is 0 Å². The second-order valence-electron chi connectivity index (χ2n) is 6.75. The lowest BCUT2D eigenvalue weighted by molar-refractivity contribution is 0.0711. The number of nitrogens with one attached hydrogen (secondary N) is 2. The minimum absolute atomic E-state index is 0.342. The highest BCUT2D eigenvalue weighted by Crippen LogP contribution is 2.48. The van der Waals surface area contributed by atoms with Gasteiger partial charge in [-0.1, -0.05) is 6.07 Å². The normalized spacial score (nSPS) is 18.9. The maximum absolute atomic E-state index is 10.6. The molecule has 1 heterocycles. The number of aliphatic hydroxyl groups is 1. The van der Waals surface area contributed by atoms with E-state index in [1.165, 1.54) is 12.8 Å². The van der Waals surface area contributed by atoms with Gasteiger partial charge in [0.15, 0.2) is 5.96 Å². The van der Waals surface area contributed by atoms with Gasteiger partial charge in [-0.15, -0.1) is 11.3 Å². The summed E-state index contributed by atoms with van der Waals surface area (Å²) in [5, 5.41) is 19.3. The smallest absolute Gasteiger partial charge is 0.191 e. The van der Waals surface area contributed by atoms with Crippen LogP contribution in [-0.4, -0.2) is 43.9 Å². The van der Waals surface area contributed by atoms with Crippen LogP contribution in [0.5, 0.6) is 0 Å². The zero-order valence-electron chi connectivity index (χ0n) is 15.1. The summed E-state index contributed by atoms with van der Waals surface area (Å²) in [5.74, 6) is 0.775. The van der Waals surface area contributed by atoms with Crippen LogP contribution in [0.15, 0.2) is 22.5 Å². The quantitative estimate of drug-likeness (QED) is 0.344. The van der Waals surface area contributed by atoms with E-state index in [0.29, 0.717) is 12.0 Å². The minimum atomic E-state index is -0.928. The van der Waals surface area contributed by atoms with E-state index in [0.717, 1.165) is 43.6 Å². The molecule has 0 radical (unpaired) electrons. The first-order valence-corrected chi connectivity index (χ1v) is 9.75. The highest BCUT2D eigenvalue weighted by molar-refractivity contribution is 7.10. The van der Waals surface area contributed by atoms with Crippen LogP contribution in [-0.2, 0) is 10.3 Å². The van der Waals surface area contributed by atoms with Gasteiger partial charge in [-0.05, 0) is 56.9 Å². The predicted molar refractivity (Wildman–Crippen MR) is 101 cm³/mol. The highest BCUT2D eigenvalue weighted by atomic mass is 32.1. The van der Waals surface area contributed by atoms with Crippen LogP contribution in [0.1, 0.15) is 44.9 Å². The summed E-state index contributed by atoms with van der Waals surface area (Å²) in [6.07, 6.45) is 3.60. The average molecular weight is 354 g/mol. The number of guanidine groups is 1. The number of hydrogen-bond donors (Lipinski definition) is 3. The molecule has 1 saturated carbocycles. The largest absolute Gasteiger partial charge is 0.383 e. The maximum Gasteiger partial charge on any atom is 0.191 e. The highest BCUT2D eigenvalue weighted by Gasteiger charge is 2.42. The fraction of sp³-hybridized carbons (Fsp3) is 0.722. The summed E-state index contributed by atoms with van der Waals surface area (Å²) < 4.78 is 5.49. The van der Waals surface area contributed by atoms with Gasteiger partial charge in [0.2, 0.25) is 0 Å². The molecule has 1 aromatic rings. The molecule has 1 fully saturated rings. The molecule has 0 saturated heterocycles. The van der Waals surface area contributed by atoms with Crippen molar-refractivity contribution in [2.24, 2.45) is 10.4 Å². The summed E-state index contributed by atoms with van der Waals surface area (Å²) in [5.41, 5.74) is -0.565. The van der Waals surface area contributed by atoms with E-state index >= 15 is 0 Å². The van der Waals surface area contributed by atoms with Gasteiger partial charge in [-0.3, -0.25) is 0 Å². The Bertz CT molecular complexity index is 510. The Labute approximate surface area is 149 Å². The van der Waals surface area contributed by atoms with Crippen molar-refractivity contribution in [3.63, 3.8) is 0 Å². The number of rotatable bonds is 10. The SMILES string of the molecule is CCNC(=NCC(C)(O)c1cccs1)NCC1(CCOCC)CC1. The number of nitrogens with zero attached hydrogens (tertiary/aromatic N) is 1. The predicted octanol–water partition coefficient (Wildman–Crippen LogP) is 2.72. The van der Waals surface area contributed by atoms with E-state index in [9.17, 15) is 5.11 Å². The molecule has 0 aromatic carbocycles. The Morgan fingerprint density at radius 2 is 2.21 bits per heavy atom. The first-order valence-electron chi connectivity index (χ1n) is 8.88. The molecule has 6 heteroatoms. The van der Waals surface area contributed by atoms with Crippen molar-refractivity contribution in [3.05, 3.63) is 22.4 Å². The molecule has 136 valence electrons. The first-order chi connectivity index (χ1) is 11.5. The molecule has 1 aliphatic rings. The minimum Gasteiger partial charge on any atom is -0.383 e. The van der Waals surface area contributed by atoms with Crippen LogP contribution < -0.4 is 10.6 Å². The van der Waals surface area contributed by atoms with Crippen LogP contribution in [0.25, 0.3) is 0 Å². The van der Waals surface area contributed by atoms with Crippen molar-refractivity contribution in [2.75, 3.05) is 32.8 Å². The third kappa shape index (κ3) is 5.76. The van der Waals surface area contributed by atoms with Gasteiger partial charge in [0.1, 0.15) is 5.60 Å². The summed E-state index contributed by atoms with van der Waals surface area (Å²) in [6, 6.07) is 3.91. The van der Waals surface area contributed by atoms with E-state index in [1.807, 2.05) is 31.4 Å². The molecular weight excluding hydrogens is 322 g/mol. The summed E-state index contributed by atoms with van der Waals surface area (Å²) in [7, 11) is 0. The molecule has 0 spiro atoms. The van der Waals surface area contributed by atoms with Crippen molar-refractivity contribution in [1.29, 1.82) is 0 Å². The van der Waals surface area contributed by atoms with Crippen molar-refractivity contribution in [1.82, 2.24) is 10.6 Å². The molecule has 0 aliphatic heterocycles. The molecule has 1 unspecified atom stereocenters. The molecule has 2 rings (SSSR count). The second-order valence-corrected chi connectivity index (χ2v) is 7.69. The molecule has 0 bridgehead atoms. The lowest BCUT2D eigenvalue weighted by atomic mass is 10.0. The third-order valence-electron chi connectivity index (χ3n) is 4.51. The van der Waals surface area contributed by atoms with Crippen LogP contribution in [0.3, 0.4) is 0 Å². The molecule has 0 amide bonds. The van der Waals surface area contributed by atoms with Gasteiger partial charge < -0.3 is 20.5 Å². The van der Waals surface area contributed by atoms with Gasteiger partial charge in [0.25, 0.3) is 0 Å². The van der Waals surface area contributed by atoms with E-state index in [2.05, 4.69) is 22.5 Å². The van der Waals surface area contributed by atoms with E-state index in [-0.39, 0.29) is 0 Å². The number of thiophene rings is 1. The maximum atomic E-state index is 10.6. The Kier molecular flexibility index (Phi) is 7.07. The van der Waals surface area contributed by atoms with E-state index in [1.54, 1.807) is 11.3 Å². The number of aliphatic imine (C=N–C) groups is 1. The lowest BCUT2D eigenvalue weighted by Crippen LogP contribution is -2.41. The molecule has 5 nitrogen and oxygen atoms in total. The number of hydrogen-bond acceptors (Lipinski definition) is 4. The Balaban J connectivity index is 1.87. The average Bonchev–Trinajstić information content (AvgIpc) is 3.10. The first kappa shape index (κ1) is 19.2. The van der Waals surface area contributed by atoms with Crippen molar-refractivity contribution in [3.8, 4) is 0 Å². The van der Waals surface area contributed by atoms with Gasteiger partial charge in [0.05, 0.1) is 6.54 Å². The van der Waals surface area contributed by atoms with Gasteiger partial charge in [-0.2, -0.15) is 0 Å². The summed E-state index contributed by atoms with van der Waals surface area (Å²) in [4.78, 5) is 5.53. The second kappa shape index (κ2) is 8.83. The van der Waals surface area contributed by atoms with Gasteiger partial charge >= 0.3 is 0 Å². The molecule has 1 aromatic heterocycles. The van der Waals surface area contributed by atoms with Crippen molar-refractivity contribution >= 4 is 17.3 Å². The summed E-state index contributed by atoms with van der Waals surface area (Å²) in [6.45, 7) is 9.57. The van der Waals surface area contributed by atoms with Crippen LogP contribution in [0.2, 0.25) is 0 Å². The molecular formula is C18H31N3O2S.